The maximum atomic E-state index is 11.5. The summed E-state index contributed by atoms with van der Waals surface area (Å²) < 4.78 is 0. The van der Waals surface area contributed by atoms with Crippen LogP contribution in [0.3, 0.4) is 0 Å². The summed E-state index contributed by atoms with van der Waals surface area (Å²) >= 11 is 0. The van der Waals surface area contributed by atoms with Crippen molar-refractivity contribution in [3.63, 3.8) is 0 Å². The van der Waals surface area contributed by atoms with Gasteiger partial charge in [0, 0.05) is 24.2 Å². The first-order chi connectivity index (χ1) is 8.36. The first-order valence-corrected chi connectivity index (χ1v) is 5.01. The first-order valence-electron chi connectivity index (χ1n) is 5.01. The highest BCUT2D eigenvalue weighted by atomic mass is 16.2. The van der Waals surface area contributed by atoms with Crippen LogP contribution in [0.5, 0.6) is 0 Å². The van der Waals surface area contributed by atoms with Gasteiger partial charge in [0.25, 0.3) is 5.91 Å². The largest absolute Gasteiger partial charge is 0.289 e. The maximum Gasteiger partial charge on any atom is 0.289 e. The number of hydrogen-bond donors (Lipinski definition) is 1. The average Bonchev–Trinajstić information content (AvgIpc) is 2.41. The Kier molecular flexibility index (Phi) is 3.54. The van der Waals surface area contributed by atoms with Gasteiger partial charge in [-0.3, -0.25) is 14.8 Å². The van der Waals surface area contributed by atoms with Gasteiger partial charge in [0.05, 0.1) is 6.21 Å². The second kappa shape index (κ2) is 5.50. The van der Waals surface area contributed by atoms with Gasteiger partial charge in [-0.1, -0.05) is 12.1 Å². The quantitative estimate of drug-likeness (QED) is 0.632. The summed E-state index contributed by atoms with van der Waals surface area (Å²) in [6, 6.07) is 8.74. The van der Waals surface area contributed by atoms with Crippen molar-refractivity contribution in [1.29, 1.82) is 0 Å². The van der Waals surface area contributed by atoms with Crippen LogP contribution in [-0.2, 0) is 0 Å². The zero-order valence-corrected chi connectivity index (χ0v) is 8.95. The molecular weight excluding hydrogens is 216 g/mol. The second-order valence-electron chi connectivity index (χ2n) is 3.20. The van der Waals surface area contributed by atoms with Crippen LogP contribution < -0.4 is 5.43 Å². The van der Waals surface area contributed by atoms with Crippen LogP contribution >= 0.6 is 0 Å². The Hall–Kier alpha value is -2.56. The molecule has 0 unspecified atom stereocenters. The zero-order valence-electron chi connectivity index (χ0n) is 8.95. The van der Waals surface area contributed by atoms with Crippen LogP contribution in [0.15, 0.2) is 54.0 Å². The highest BCUT2D eigenvalue weighted by molar-refractivity contribution is 5.92. The molecule has 0 aromatic carbocycles. The summed E-state index contributed by atoms with van der Waals surface area (Å²) in [4.78, 5) is 19.4. The molecule has 0 aliphatic rings. The highest BCUT2D eigenvalue weighted by Gasteiger charge is 2.02. The van der Waals surface area contributed by atoms with E-state index in [1.54, 1.807) is 42.9 Å². The normalized spacial score (nSPS) is 10.4. The fourth-order valence-corrected chi connectivity index (χ4v) is 1.17. The van der Waals surface area contributed by atoms with Gasteiger partial charge in [-0.15, -0.1) is 0 Å². The number of hydrogen-bond acceptors (Lipinski definition) is 4. The van der Waals surface area contributed by atoms with Gasteiger partial charge in [-0.25, -0.2) is 5.43 Å². The number of aromatic nitrogens is 2. The van der Waals surface area contributed by atoms with Gasteiger partial charge < -0.3 is 0 Å². The number of nitrogens with one attached hydrogen (secondary N) is 1. The smallest absolute Gasteiger partial charge is 0.266 e. The lowest BCUT2D eigenvalue weighted by Crippen LogP contribution is -2.18. The minimum atomic E-state index is -0.342. The summed E-state index contributed by atoms with van der Waals surface area (Å²) in [6.07, 6.45) is 6.40. The lowest BCUT2D eigenvalue weighted by Gasteiger charge is -1.97. The molecule has 0 atom stereocenters. The molecular formula is C12H10N4O. The van der Waals surface area contributed by atoms with Gasteiger partial charge in [-0.2, -0.15) is 5.10 Å². The van der Waals surface area contributed by atoms with Crippen molar-refractivity contribution < 1.29 is 4.79 Å². The fourth-order valence-electron chi connectivity index (χ4n) is 1.17. The molecule has 1 amide bonds. The second-order valence-corrected chi connectivity index (χ2v) is 3.20. The van der Waals surface area contributed by atoms with E-state index >= 15 is 0 Å². The number of pyridine rings is 2. The number of hydrazone groups is 1. The highest BCUT2D eigenvalue weighted by Crippen LogP contribution is 1.93. The van der Waals surface area contributed by atoms with Gasteiger partial charge in [0.1, 0.15) is 5.69 Å². The van der Waals surface area contributed by atoms with Crippen molar-refractivity contribution >= 4 is 12.1 Å². The Bertz CT molecular complexity index is 511. The molecule has 0 spiro atoms. The number of amides is 1. The van der Waals surface area contributed by atoms with Crippen molar-refractivity contribution in [3.05, 3.63) is 60.2 Å². The Labute approximate surface area is 98.2 Å². The van der Waals surface area contributed by atoms with E-state index < -0.39 is 0 Å². The van der Waals surface area contributed by atoms with Crippen molar-refractivity contribution in [1.82, 2.24) is 15.4 Å². The molecule has 0 radical (unpaired) electrons. The lowest BCUT2D eigenvalue weighted by molar-refractivity contribution is 0.0950. The lowest BCUT2D eigenvalue weighted by atomic mass is 10.3. The van der Waals surface area contributed by atoms with Gasteiger partial charge in [0.15, 0.2) is 0 Å². The standard InChI is InChI=1S/C12H10N4O/c17-12(11-5-1-2-7-14-11)16-15-9-10-4-3-6-13-8-10/h1-9H,(H,16,17)/b15-9+. The Morgan fingerprint density at radius 2 is 2.18 bits per heavy atom. The molecule has 0 aliphatic carbocycles. The number of carbonyl (C=O) groups excluding carboxylic acids is 1. The summed E-state index contributed by atoms with van der Waals surface area (Å²) in [7, 11) is 0. The van der Waals surface area contributed by atoms with Gasteiger partial charge in [0.2, 0.25) is 0 Å². The summed E-state index contributed by atoms with van der Waals surface area (Å²) in [6.45, 7) is 0. The molecule has 2 heterocycles. The number of carbonyl (C=O) groups is 1. The molecule has 17 heavy (non-hydrogen) atoms. The van der Waals surface area contributed by atoms with E-state index in [-0.39, 0.29) is 5.91 Å². The Morgan fingerprint density at radius 3 is 2.88 bits per heavy atom. The third-order valence-corrected chi connectivity index (χ3v) is 1.96. The average molecular weight is 226 g/mol. The molecule has 5 nitrogen and oxygen atoms in total. The molecule has 84 valence electrons. The molecule has 1 N–H and O–H groups in total. The van der Waals surface area contributed by atoms with Gasteiger partial charge in [-0.05, 0) is 18.2 Å². The van der Waals surface area contributed by atoms with E-state index in [1.807, 2.05) is 6.07 Å². The van der Waals surface area contributed by atoms with E-state index in [0.717, 1.165) is 5.56 Å². The predicted octanol–water partition coefficient (Wildman–Crippen LogP) is 1.24. The Balaban J connectivity index is 1.95. The zero-order chi connectivity index (χ0) is 11.9. The molecule has 2 aromatic rings. The molecule has 0 fully saturated rings. The van der Waals surface area contributed by atoms with E-state index in [9.17, 15) is 4.79 Å². The van der Waals surface area contributed by atoms with E-state index in [4.69, 9.17) is 0 Å². The van der Waals surface area contributed by atoms with Crippen LogP contribution in [0.25, 0.3) is 0 Å². The number of rotatable bonds is 3. The molecule has 0 aliphatic heterocycles. The van der Waals surface area contributed by atoms with Gasteiger partial charge >= 0.3 is 0 Å². The third kappa shape index (κ3) is 3.20. The van der Waals surface area contributed by atoms with Crippen LogP contribution in [0.2, 0.25) is 0 Å². The van der Waals surface area contributed by atoms with E-state index in [1.165, 1.54) is 6.21 Å². The third-order valence-electron chi connectivity index (χ3n) is 1.96. The summed E-state index contributed by atoms with van der Waals surface area (Å²) in [5.41, 5.74) is 3.53. The van der Waals surface area contributed by atoms with Crippen LogP contribution in [0, 0.1) is 0 Å². The Morgan fingerprint density at radius 1 is 1.24 bits per heavy atom. The monoisotopic (exact) mass is 226 g/mol. The molecule has 2 rings (SSSR count). The van der Waals surface area contributed by atoms with E-state index in [0.29, 0.717) is 5.69 Å². The summed E-state index contributed by atoms with van der Waals surface area (Å²) in [5, 5.41) is 3.81. The first kappa shape index (κ1) is 10.9. The van der Waals surface area contributed by atoms with Crippen molar-refractivity contribution in [2.45, 2.75) is 0 Å². The molecule has 0 saturated carbocycles. The maximum absolute atomic E-state index is 11.5. The molecule has 0 bridgehead atoms. The van der Waals surface area contributed by atoms with Crippen LogP contribution in [0.1, 0.15) is 16.1 Å². The number of nitrogens with zero attached hydrogens (tertiary/aromatic N) is 3. The molecule has 5 heteroatoms. The molecule has 0 saturated heterocycles. The minimum Gasteiger partial charge on any atom is -0.266 e. The predicted molar refractivity (Wildman–Crippen MR) is 63.5 cm³/mol. The van der Waals surface area contributed by atoms with Crippen LogP contribution in [-0.4, -0.2) is 22.1 Å². The van der Waals surface area contributed by atoms with E-state index in [2.05, 4.69) is 20.5 Å². The van der Waals surface area contributed by atoms with Crippen LogP contribution in [0.4, 0.5) is 0 Å². The minimum absolute atomic E-state index is 0.329. The van der Waals surface area contributed by atoms with Crippen molar-refractivity contribution in [2.75, 3.05) is 0 Å². The molecule has 2 aromatic heterocycles. The fraction of sp³-hybridized carbons (Fsp3) is 0. The van der Waals surface area contributed by atoms with Crippen molar-refractivity contribution in [3.8, 4) is 0 Å². The topological polar surface area (TPSA) is 67.2 Å². The SMILES string of the molecule is O=C(N/N=C/c1cccnc1)c1ccccn1. The summed E-state index contributed by atoms with van der Waals surface area (Å²) in [5.74, 6) is -0.342. The van der Waals surface area contributed by atoms with Crippen molar-refractivity contribution in [2.24, 2.45) is 5.10 Å².